The normalized spacial score (nSPS) is 17.6. The van der Waals surface area contributed by atoms with Gasteiger partial charge in [-0.3, -0.25) is 4.79 Å². The minimum Gasteiger partial charge on any atom is -0.459 e. The molecule has 1 aromatic heterocycles. The van der Waals surface area contributed by atoms with Gasteiger partial charge in [0.25, 0.3) is 5.91 Å². The van der Waals surface area contributed by atoms with Crippen LogP contribution in [0.2, 0.25) is 0 Å². The lowest BCUT2D eigenvalue weighted by Gasteiger charge is -2.26. The smallest absolute Gasteiger partial charge is 0.287 e. The fourth-order valence-corrected chi connectivity index (χ4v) is 2.57. The SMILES string of the molecule is Cc1ccoc1C(=O)NCC1Cc2ccccc2CN1. The number of carbonyl (C=O) groups is 1. The Morgan fingerprint density at radius 2 is 2.15 bits per heavy atom. The highest BCUT2D eigenvalue weighted by Gasteiger charge is 2.19. The van der Waals surface area contributed by atoms with E-state index in [9.17, 15) is 4.79 Å². The Morgan fingerprint density at radius 1 is 1.35 bits per heavy atom. The highest BCUT2D eigenvalue weighted by Crippen LogP contribution is 2.16. The highest BCUT2D eigenvalue weighted by atomic mass is 16.3. The molecular weight excluding hydrogens is 252 g/mol. The molecule has 0 radical (unpaired) electrons. The maximum atomic E-state index is 12.0. The predicted octanol–water partition coefficient (Wildman–Crippen LogP) is 2.03. The summed E-state index contributed by atoms with van der Waals surface area (Å²) in [4.78, 5) is 12.0. The molecule has 0 fully saturated rings. The van der Waals surface area contributed by atoms with E-state index >= 15 is 0 Å². The molecule has 2 heterocycles. The van der Waals surface area contributed by atoms with Gasteiger partial charge in [0.05, 0.1) is 6.26 Å². The summed E-state index contributed by atoms with van der Waals surface area (Å²) in [7, 11) is 0. The molecule has 0 spiro atoms. The number of fused-ring (bicyclic) bond motifs is 1. The number of furan rings is 1. The molecule has 1 amide bonds. The lowest BCUT2D eigenvalue weighted by atomic mass is 9.96. The van der Waals surface area contributed by atoms with Gasteiger partial charge in [0, 0.05) is 24.7 Å². The zero-order chi connectivity index (χ0) is 13.9. The first kappa shape index (κ1) is 12.9. The average molecular weight is 270 g/mol. The van der Waals surface area contributed by atoms with Gasteiger partial charge in [-0.05, 0) is 30.5 Å². The molecule has 1 atom stereocenters. The number of carbonyl (C=O) groups excluding carboxylic acids is 1. The van der Waals surface area contributed by atoms with Crippen molar-refractivity contribution >= 4 is 5.91 Å². The fraction of sp³-hybridized carbons (Fsp3) is 0.312. The van der Waals surface area contributed by atoms with Gasteiger partial charge in [0.15, 0.2) is 5.76 Å². The molecule has 3 rings (SSSR count). The van der Waals surface area contributed by atoms with E-state index in [0.29, 0.717) is 12.3 Å². The first-order valence-electron chi connectivity index (χ1n) is 6.86. The van der Waals surface area contributed by atoms with Crippen molar-refractivity contribution in [1.29, 1.82) is 0 Å². The number of aryl methyl sites for hydroxylation is 1. The van der Waals surface area contributed by atoms with Crippen LogP contribution in [0.25, 0.3) is 0 Å². The Labute approximate surface area is 118 Å². The van der Waals surface area contributed by atoms with Crippen molar-refractivity contribution in [2.24, 2.45) is 0 Å². The number of hydrogen-bond donors (Lipinski definition) is 2. The number of rotatable bonds is 3. The topological polar surface area (TPSA) is 54.3 Å². The molecule has 2 N–H and O–H groups in total. The molecule has 1 aromatic carbocycles. The van der Waals surface area contributed by atoms with Crippen molar-refractivity contribution in [3.63, 3.8) is 0 Å². The molecule has 4 heteroatoms. The van der Waals surface area contributed by atoms with Crippen LogP contribution in [0.3, 0.4) is 0 Å². The summed E-state index contributed by atoms with van der Waals surface area (Å²) in [5.41, 5.74) is 3.57. The van der Waals surface area contributed by atoms with Gasteiger partial charge in [-0.1, -0.05) is 24.3 Å². The summed E-state index contributed by atoms with van der Waals surface area (Å²) in [6.07, 6.45) is 2.48. The van der Waals surface area contributed by atoms with Crippen molar-refractivity contribution in [2.75, 3.05) is 6.54 Å². The number of nitrogens with one attached hydrogen (secondary N) is 2. The maximum absolute atomic E-state index is 12.0. The lowest BCUT2D eigenvalue weighted by molar-refractivity contribution is 0.0920. The van der Waals surface area contributed by atoms with Gasteiger partial charge >= 0.3 is 0 Å². The molecule has 1 unspecified atom stereocenters. The quantitative estimate of drug-likeness (QED) is 0.897. The Morgan fingerprint density at radius 3 is 2.90 bits per heavy atom. The Balaban J connectivity index is 1.58. The molecule has 0 saturated carbocycles. The van der Waals surface area contributed by atoms with E-state index in [1.807, 2.05) is 6.92 Å². The minimum absolute atomic E-state index is 0.145. The van der Waals surface area contributed by atoms with Gasteiger partial charge in [-0.2, -0.15) is 0 Å². The molecule has 4 nitrogen and oxygen atoms in total. The van der Waals surface area contributed by atoms with Crippen LogP contribution in [-0.2, 0) is 13.0 Å². The predicted molar refractivity (Wildman–Crippen MR) is 76.6 cm³/mol. The number of benzene rings is 1. The fourth-order valence-electron chi connectivity index (χ4n) is 2.57. The molecule has 104 valence electrons. The van der Waals surface area contributed by atoms with Crippen LogP contribution in [0.5, 0.6) is 0 Å². The highest BCUT2D eigenvalue weighted by molar-refractivity contribution is 5.92. The minimum atomic E-state index is -0.145. The van der Waals surface area contributed by atoms with Gasteiger partial charge in [0.1, 0.15) is 0 Å². The van der Waals surface area contributed by atoms with Crippen LogP contribution in [0, 0.1) is 6.92 Å². The van der Waals surface area contributed by atoms with Crippen molar-refractivity contribution in [3.05, 3.63) is 59.0 Å². The number of amides is 1. The maximum Gasteiger partial charge on any atom is 0.287 e. The first-order valence-corrected chi connectivity index (χ1v) is 6.86. The second-order valence-corrected chi connectivity index (χ2v) is 5.19. The zero-order valence-electron chi connectivity index (χ0n) is 11.5. The summed E-state index contributed by atoms with van der Waals surface area (Å²) in [6.45, 7) is 3.33. The second kappa shape index (κ2) is 5.51. The number of hydrogen-bond acceptors (Lipinski definition) is 3. The first-order chi connectivity index (χ1) is 9.74. The van der Waals surface area contributed by atoms with E-state index in [1.54, 1.807) is 12.3 Å². The summed E-state index contributed by atoms with van der Waals surface area (Å²) < 4.78 is 5.19. The third-order valence-electron chi connectivity index (χ3n) is 3.74. The third-order valence-corrected chi connectivity index (χ3v) is 3.74. The van der Waals surface area contributed by atoms with E-state index < -0.39 is 0 Å². The molecule has 2 aromatic rings. The molecule has 0 bridgehead atoms. The molecule has 0 saturated heterocycles. The standard InChI is InChI=1S/C16H18N2O2/c1-11-6-7-20-15(11)16(19)18-10-14-8-12-4-2-3-5-13(12)9-17-14/h2-7,14,17H,8-10H2,1H3,(H,18,19). The van der Waals surface area contributed by atoms with E-state index in [4.69, 9.17) is 4.42 Å². The summed E-state index contributed by atoms with van der Waals surface area (Å²) >= 11 is 0. The van der Waals surface area contributed by atoms with E-state index in [2.05, 4.69) is 34.9 Å². The molecule has 0 aliphatic carbocycles. The molecular formula is C16H18N2O2. The Hall–Kier alpha value is -2.07. The van der Waals surface area contributed by atoms with Crippen LogP contribution in [-0.4, -0.2) is 18.5 Å². The summed E-state index contributed by atoms with van der Waals surface area (Å²) in [5.74, 6) is 0.259. The second-order valence-electron chi connectivity index (χ2n) is 5.19. The summed E-state index contributed by atoms with van der Waals surface area (Å²) in [6, 6.07) is 10.5. The van der Waals surface area contributed by atoms with Gasteiger partial charge in [-0.25, -0.2) is 0 Å². The van der Waals surface area contributed by atoms with E-state index in [-0.39, 0.29) is 11.9 Å². The molecule has 20 heavy (non-hydrogen) atoms. The van der Waals surface area contributed by atoms with Crippen LogP contribution in [0.15, 0.2) is 41.0 Å². The van der Waals surface area contributed by atoms with Crippen molar-refractivity contribution in [2.45, 2.75) is 25.9 Å². The third kappa shape index (κ3) is 2.60. The van der Waals surface area contributed by atoms with Gasteiger partial charge in [0.2, 0.25) is 0 Å². The van der Waals surface area contributed by atoms with Crippen molar-refractivity contribution in [1.82, 2.24) is 10.6 Å². The van der Waals surface area contributed by atoms with Crippen LogP contribution in [0.1, 0.15) is 27.2 Å². The average Bonchev–Trinajstić information content (AvgIpc) is 2.91. The molecule has 1 aliphatic heterocycles. The van der Waals surface area contributed by atoms with Crippen LogP contribution in [0.4, 0.5) is 0 Å². The Kier molecular flexibility index (Phi) is 3.56. The zero-order valence-corrected chi connectivity index (χ0v) is 11.5. The van der Waals surface area contributed by atoms with Gasteiger partial charge in [-0.15, -0.1) is 0 Å². The summed E-state index contributed by atoms with van der Waals surface area (Å²) in [5, 5.41) is 6.38. The molecule has 1 aliphatic rings. The van der Waals surface area contributed by atoms with Crippen molar-refractivity contribution in [3.8, 4) is 0 Å². The van der Waals surface area contributed by atoms with Gasteiger partial charge < -0.3 is 15.1 Å². The monoisotopic (exact) mass is 270 g/mol. The van der Waals surface area contributed by atoms with E-state index in [0.717, 1.165) is 18.5 Å². The van der Waals surface area contributed by atoms with Crippen LogP contribution >= 0.6 is 0 Å². The van der Waals surface area contributed by atoms with Crippen molar-refractivity contribution < 1.29 is 9.21 Å². The van der Waals surface area contributed by atoms with Crippen LogP contribution < -0.4 is 10.6 Å². The lowest BCUT2D eigenvalue weighted by Crippen LogP contribution is -2.44. The van der Waals surface area contributed by atoms with E-state index in [1.165, 1.54) is 11.1 Å². The largest absolute Gasteiger partial charge is 0.459 e. The Bertz CT molecular complexity index is 618.